The molecule has 1 unspecified atom stereocenters. The minimum Gasteiger partial charge on any atom is -0.271 e. The van der Waals surface area contributed by atoms with Crippen LogP contribution < -0.4 is 11.3 Å². The van der Waals surface area contributed by atoms with Crippen molar-refractivity contribution in [2.75, 3.05) is 0 Å². The monoisotopic (exact) mass is 244 g/mol. The van der Waals surface area contributed by atoms with Gasteiger partial charge in [0, 0.05) is 12.7 Å². The van der Waals surface area contributed by atoms with Gasteiger partial charge in [0.05, 0.1) is 11.7 Å². The van der Waals surface area contributed by atoms with Crippen LogP contribution in [-0.4, -0.2) is 9.78 Å². The molecule has 0 saturated heterocycles. The quantitative estimate of drug-likeness (QED) is 0.626. The standard InChI is InChI=1S/C14H20N4/c1-3-10-18-13(8-9-16-18)14(17-15)12-6-4-11(2)5-7-12/h4-9,14,17H,3,10,15H2,1-2H3. The molecule has 0 fully saturated rings. The fraction of sp³-hybridized carbons (Fsp3) is 0.357. The van der Waals surface area contributed by atoms with Gasteiger partial charge in [0.2, 0.25) is 0 Å². The van der Waals surface area contributed by atoms with E-state index in [2.05, 4.69) is 48.6 Å². The van der Waals surface area contributed by atoms with Crippen LogP contribution in [0.15, 0.2) is 36.5 Å². The van der Waals surface area contributed by atoms with Crippen molar-refractivity contribution in [3.05, 3.63) is 53.3 Å². The van der Waals surface area contributed by atoms with E-state index in [1.165, 1.54) is 5.56 Å². The molecular formula is C14H20N4. The molecule has 1 atom stereocenters. The third-order valence-corrected chi connectivity index (χ3v) is 3.06. The lowest BCUT2D eigenvalue weighted by atomic mass is 10.0. The molecular weight excluding hydrogens is 224 g/mol. The van der Waals surface area contributed by atoms with Crippen molar-refractivity contribution in [2.24, 2.45) is 5.84 Å². The number of rotatable bonds is 5. The fourth-order valence-electron chi connectivity index (χ4n) is 2.10. The number of hydrogen-bond donors (Lipinski definition) is 2. The van der Waals surface area contributed by atoms with Crippen LogP contribution in [0.2, 0.25) is 0 Å². The smallest absolute Gasteiger partial charge is 0.0878 e. The average Bonchev–Trinajstić information content (AvgIpc) is 2.82. The van der Waals surface area contributed by atoms with Crippen molar-refractivity contribution in [1.29, 1.82) is 0 Å². The summed E-state index contributed by atoms with van der Waals surface area (Å²) in [4.78, 5) is 0. The summed E-state index contributed by atoms with van der Waals surface area (Å²) in [7, 11) is 0. The number of nitrogens with two attached hydrogens (primary N) is 1. The second kappa shape index (κ2) is 5.80. The zero-order chi connectivity index (χ0) is 13.0. The molecule has 0 aliphatic rings. The average molecular weight is 244 g/mol. The number of hydrogen-bond acceptors (Lipinski definition) is 3. The van der Waals surface area contributed by atoms with Crippen molar-refractivity contribution < 1.29 is 0 Å². The van der Waals surface area contributed by atoms with Gasteiger partial charge in [0.15, 0.2) is 0 Å². The SMILES string of the molecule is CCCn1nccc1C(NN)c1ccc(C)cc1. The van der Waals surface area contributed by atoms with Crippen LogP contribution in [0.1, 0.15) is 36.2 Å². The van der Waals surface area contributed by atoms with Gasteiger partial charge >= 0.3 is 0 Å². The van der Waals surface area contributed by atoms with E-state index in [0.717, 1.165) is 24.2 Å². The number of nitrogens with one attached hydrogen (secondary N) is 1. The van der Waals surface area contributed by atoms with Crippen molar-refractivity contribution in [3.63, 3.8) is 0 Å². The van der Waals surface area contributed by atoms with Crippen molar-refractivity contribution in [3.8, 4) is 0 Å². The molecule has 1 aromatic carbocycles. The number of aryl methyl sites for hydroxylation is 2. The Hall–Kier alpha value is -1.65. The summed E-state index contributed by atoms with van der Waals surface area (Å²) in [5, 5.41) is 4.34. The van der Waals surface area contributed by atoms with E-state index in [-0.39, 0.29) is 6.04 Å². The van der Waals surface area contributed by atoms with Gasteiger partial charge in [-0.25, -0.2) is 5.43 Å². The summed E-state index contributed by atoms with van der Waals surface area (Å²) in [5.41, 5.74) is 6.38. The van der Waals surface area contributed by atoms with Gasteiger partial charge in [-0.2, -0.15) is 5.10 Å². The Kier molecular flexibility index (Phi) is 4.12. The topological polar surface area (TPSA) is 55.9 Å². The number of nitrogens with zero attached hydrogens (tertiary/aromatic N) is 2. The summed E-state index contributed by atoms with van der Waals surface area (Å²) in [5.74, 6) is 5.71. The minimum absolute atomic E-state index is 0.0142. The summed E-state index contributed by atoms with van der Waals surface area (Å²) in [6, 6.07) is 10.4. The molecule has 4 nitrogen and oxygen atoms in total. The van der Waals surface area contributed by atoms with Gasteiger partial charge in [-0.3, -0.25) is 10.5 Å². The van der Waals surface area contributed by atoms with E-state index in [1.54, 1.807) is 0 Å². The first-order chi connectivity index (χ1) is 8.76. The highest BCUT2D eigenvalue weighted by Gasteiger charge is 2.16. The molecule has 1 aromatic heterocycles. The molecule has 0 aliphatic heterocycles. The second-order valence-corrected chi connectivity index (χ2v) is 4.49. The Morgan fingerprint density at radius 2 is 2.00 bits per heavy atom. The predicted molar refractivity (Wildman–Crippen MR) is 72.9 cm³/mol. The van der Waals surface area contributed by atoms with E-state index < -0.39 is 0 Å². The fourth-order valence-corrected chi connectivity index (χ4v) is 2.10. The summed E-state index contributed by atoms with van der Waals surface area (Å²) >= 11 is 0. The van der Waals surface area contributed by atoms with E-state index in [1.807, 2.05) is 16.9 Å². The maximum absolute atomic E-state index is 5.71. The van der Waals surface area contributed by atoms with E-state index in [0.29, 0.717) is 0 Å². The second-order valence-electron chi connectivity index (χ2n) is 4.49. The Morgan fingerprint density at radius 3 is 2.61 bits per heavy atom. The maximum Gasteiger partial charge on any atom is 0.0878 e. The van der Waals surface area contributed by atoms with Gasteiger partial charge in [-0.1, -0.05) is 36.8 Å². The molecule has 2 aromatic rings. The summed E-state index contributed by atoms with van der Waals surface area (Å²) < 4.78 is 2.00. The first kappa shape index (κ1) is 12.8. The molecule has 0 spiro atoms. The van der Waals surface area contributed by atoms with Crippen LogP contribution >= 0.6 is 0 Å². The number of benzene rings is 1. The normalized spacial score (nSPS) is 12.6. The predicted octanol–water partition coefficient (Wildman–Crippen LogP) is 2.15. The highest BCUT2D eigenvalue weighted by atomic mass is 15.3. The van der Waals surface area contributed by atoms with Crippen LogP contribution in [0, 0.1) is 6.92 Å². The number of aromatic nitrogens is 2. The van der Waals surface area contributed by atoms with Crippen molar-refractivity contribution >= 4 is 0 Å². The first-order valence-corrected chi connectivity index (χ1v) is 6.30. The van der Waals surface area contributed by atoms with Gasteiger partial charge in [0.25, 0.3) is 0 Å². The third-order valence-electron chi connectivity index (χ3n) is 3.06. The zero-order valence-corrected chi connectivity index (χ0v) is 10.9. The highest BCUT2D eigenvalue weighted by Crippen LogP contribution is 2.21. The molecule has 1 heterocycles. The molecule has 0 radical (unpaired) electrons. The van der Waals surface area contributed by atoms with E-state index in [9.17, 15) is 0 Å². The Morgan fingerprint density at radius 1 is 1.28 bits per heavy atom. The molecule has 96 valence electrons. The lowest BCUT2D eigenvalue weighted by Crippen LogP contribution is -2.30. The molecule has 0 bridgehead atoms. The number of hydrazine groups is 1. The van der Waals surface area contributed by atoms with Crippen LogP contribution in [0.3, 0.4) is 0 Å². The van der Waals surface area contributed by atoms with Crippen LogP contribution in [0.5, 0.6) is 0 Å². The Bertz CT molecular complexity index is 487. The van der Waals surface area contributed by atoms with Gasteiger partial charge < -0.3 is 0 Å². The molecule has 0 aliphatic carbocycles. The van der Waals surface area contributed by atoms with E-state index >= 15 is 0 Å². The Balaban J connectivity index is 2.32. The molecule has 0 saturated carbocycles. The van der Waals surface area contributed by atoms with Crippen LogP contribution in [0.4, 0.5) is 0 Å². The summed E-state index contributed by atoms with van der Waals surface area (Å²) in [6.07, 6.45) is 2.88. The van der Waals surface area contributed by atoms with Gasteiger partial charge in [-0.05, 0) is 25.0 Å². The molecule has 3 N–H and O–H groups in total. The molecule has 0 amide bonds. The molecule has 4 heteroatoms. The molecule has 2 rings (SSSR count). The highest BCUT2D eigenvalue weighted by molar-refractivity contribution is 5.29. The lowest BCUT2D eigenvalue weighted by Gasteiger charge is -2.18. The van der Waals surface area contributed by atoms with Crippen molar-refractivity contribution in [2.45, 2.75) is 32.9 Å². The Labute approximate surface area is 108 Å². The molecule has 18 heavy (non-hydrogen) atoms. The van der Waals surface area contributed by atoms with E-state index in [4.69, 9.17) is 5.84 Å². The minimum atomic E-state index is -0.0142. The van der Waals surface area contributed by atoms with Crippen LogP contribution in [-0.2, 0) is 6.54 Å². The zero-order valence-electron chi connectivity index (χ0n) is 10.9. The summed E-state index contributed by atoms with van der Waals surface area (Å²) in [6.45, 7) is 5.13. The van der Waals surface area contributed by atoms with Gasteiger partial charge in [0.1, 0.15) is 0 Å². The lowest BCUT2D eigenvalue weighted by molar-refractivity contribution is 0.521. The third kappa shape index (κ3) is 2.60. The van der Waals surface area contributed by atoms with Gasteiger partial charge in [-0.15, -0.1) is 0 Å². The largest absolute Gasteiger partial charge is 0.271 e. The first-order valence-electron chi connectivity index (χ1n) is 6.30. The van der Waals surface area contributed by atoms with Crippen molar-refractivity contribution in [1.82, 2.24) is 15.2 Å². The maximum atomic E-state index is 5.71. The van der Waals surface area contributed by atoms with Crippen LogP contribution in [0.25, 0.3) is 0 Å².